The molecule has 0 spiro atoms. The molecule has 3 atom stereocenters. The van der Waals surface area contributed by atoms with E-state index in [0.717, 1.165) is 0 Å². The zero-order valence-corrected chi connectivity index (χ0v) is 6.01. The molecule has 0 aliphatic carbocycles. The third-order valence-electron chi connectivity index (χ3n) is 1.80. The Morgan fingerprint density at radius 1 is 1.42 bits per heavy atom. The molecule has 0 aromatic carbocycles. The molecular formula is C5H9F3N2O2. The Hall–Kier alpha value is -0.370. The first-order valence-electron chi connectivity index (χ1n) is 3.23. The minimum Gasteiger partial charge on any atom is -0.377 e. The van der Waals surface area contributed by atoms with E-state index in [1.807, 2.05) is 0 Å². The molecule has 1 rings (SSSR count). The van der Waals surface area contributed by atoms with Crippen molar-refractivity contribution in [2.45, 2.75) is 24.1 Å². The Balaban J connectivity index is 2.76. The summed E-state index contributed by atoms with van der Waals surface area (Å²) in [4.78, 5) is 0. The van der Waals surface area contributed by atoms with Gasteiger partial charge in [-0.15, -0.1) is 0 Å². The highest BCUT2D eigenvalue weighted by atomic mass is 19.4. The molecule has 1 aliphatic rings. The number of rotatable bonds is 2. The molecule has 0 bridgehead atoms. The molecule has 72 valence electrons. The van der Waals surface area contributed by atoms with Crippen molar-refractivity contribution in [3.8, 4) is 0 Å². The van der Waals surface area contributed by atoms with Crippen LogP contribution in [0, 0.1) is 0 Å². The number of hydrogen-bond acceptors (Lipinski definition) is 4. The second kappa shape index (κ2) is 2.56. The van der Waals surface area contributed by atoms with Crippen LogP contribution in [0.1, 0.15) is 0 Å². The summed E-state index contributed by atoms with van der Waals surface area (Å²) in [5.41, 5.74) is 6.77. The molecule has 1 aliphatic heterocycles. The minimum atomic E-state index is -4.81. The van der Waals surface area contributed by atoms with Crippen molar-refractivity contribution in [2.75, 3.05) is 6.54 Å². The van der Waals surface area contributed by atoms with E-state index in [4.69, 9.17) is 16.6 Å². The average Bonchev–Trinajstić information content (AvgIpc) is 2.63. The Bertz CT molecular complexity index is 186. The van der Waals surface area contributed by atoms with E-state index in [9.17, 15) is 13.2 Å². The van der Waals surface area contributed by atoms with Gasteiger partial charge in [0.05, 0.1) is 0 Å². The number of epoxide rings is 1. The van der Waals surface area contributed by atoms with E-state index >= 15 is 0 Å². The van der Waals surface area contributed by atoms with Gasteiger partial charge in [-0.1, -0.05) is 0 Å². The van der Waals surface area contributed by atoms with Gasteiger partial charge in [-0.2, -0.15) is 13.2 Å². The summed E-state index contributed by atoms with van der Waals surface area (Å²) in [6.07, 6.45) is -7.30. The number of aliphatic hydroxyl groups is 1. The highest BCUT2D eigenvalue weighted by molar-refractivity contribution is 5.04. The fourth-order valence-electron chi connectivity index (χ4n) is 0.901. The van der Waals surface area contributed by atoms with Gasteiger partial charge in [0.2, 0.25) is 5.60 Å². The van der Waals surface area contributed by atoms with Crippen LogP contribution < -0.4 is 11.5 Å². The second-order valence-electron chi connectivity index (χ2n) is 2.65. The molecule has 5 N–H and O–H groups in total. The summed E-state index contributed by atoms with van der Waals surface area (Å²) in [5, 5.41) is 9.01. The molecule has 0 amide bonds. The predicted octanol–water partition coefficient (Wildman–Crippen LogP) is -1.08. The van der Waals surface area contributed by atoms with Crippen LogP contribution in [0.2, 0.25) is 0 Å². The van der Waals surface area contributed by atoms with Crippen molar-refractivity contribution in [3.05, 3.63) is 0 Å². The molecule has 7 heteroatoms. The Kier molecular flexibility index (Phi) is 2.07. The van der Waals surface area contributed by atoms with Gasteiger partial charge in [0.15, 0.2) is 0 Å². The molecule has 1 fully saturated rings. The molecule has 0 saturated carbocycles. The lowest BCUT2D eigenvalue weighted by atomic mass is 9.99. The van der Waals surface area contributed by atoms with Gasteiger partial charge in [-0.05, 0) is 0 Å². The van der Waals surface area contributed by atoms with E-state index < -0.39 is 30.7 Å². The zero-order valence-electron chi connectivity index (χ0n) is 6.01. The van der Waals surface area contributed by atoms with Gasteiger partial charge >= 0.3 is 6.18 Å². The SMILES string of the molecule is NC[C@@](O)(C1OC1N)C(F)(F)F. The van der Waals surface area contributed by atoms with Gasteiger partial charge in [0.25, 0.3) is 0 Å². The molecule has 0 aromatic heterocycles. The van der Waals surface area contributed by atoms with E-state index in [1.54, 1.807) is 0 Å². The van der Waals surface area contributed by atoms with Crippen LogP contribution in [0.25, 0.3) is 0 Å². The molecule has 12 heavy (non-hydrogen) atoms. The number of halogens is 3. The lowest BCUT2D eigenvalue weighted by molar-refractivity contribution is -0.262. The molecule has 1 heterocycles. The number of hydrogen-bond donors (Lipinski definition) is 3. The Morgan fingerprint density at radius 3 is 1.92 bits per heavy atom. The van der Waals surface area contributed by atoms with Crippen LogP contribution in [0.4, 0.5) is 13.2 Å². The first-order valence-corrected chi connectivity index (χ1v) is 3.23. The van der Waals surface area contributed by atoms with Crippen LogP contribution in [0.3, 0.4) is 0 Å². The summed E-state index contributed by atoms with van der Waals surface area (Å²) in [5.74, 6) is 0. The smallest absolute Gasteiger partial charge is 0.377 e. The summed E-state index contributed by atoms with van der Waals surface area (Å²) in [7, 11) is 0. The van der Waals surface area contributed by atoms with E-state index in [2.05, 4.69) is 4.74 Å². The van der Waals surface area contributed by atoms with Crippen LogP contribution in [0.5, 0.6) is 0 Å². The molecule has 2 unspecified atom stereocenters. The predicted molar refractivity (Wildman–Crippen MR) is 32.9 cm³/mol. The van der Waals surface area contributed by atoms with E-state index in [0.29, 0.717) is 0 Å². The van der Waals surface area contributed by atoms with E-state index in [1.165, 1.54) is 0 Å². The Morgan fingerprint density at radius 2 is 1.83 bits per heavy atom. The van der Waals surface area contributed by atoms with Gasteiger partial charge in [0, 0.05) is 6.54 Å². The van der Waals surface area contributed by atoms with Crippen molar-refractivity contribution in [3.63, 3.8) is 0 Å². The number of nitrogens with two attached hydrogens (primary N) is 2. The van der Waals surface area contributed by atoms with Crippen molar-refractivity contribution < 1.29 is 23.0 Å². The minimum absolute atomic E-state index is 0.950. The maximum atomic E-state index is 12.1. The number of alkyl halides is 3. The summed E-state index contributed by atoms with van der Waals surface area (Å²) in [6.45, 7) is -0.950. The molecule has 0 radical (unpaired) electrons. The third kappa shape index (κ3) is 1.28. The van der Waals surface area contributed by atoms with Crippen LogP contribution in [-0.4, -0.2) is 35.8 Å². The molecule has 4 nitrogen and oxygen atoms in total. The maximum Gasteiger partial charge on any atom is 0.421 e. The first kappa shape index (κ1) is 9.72. The first-order chi connectivity index (χ1) is 5.33. The fourth-order valence-corrected chi connectivity index (χ4v) is 0.901. The average molecular weight is 186 g/mol. The highest BCUT2D eigenvalue weighted by Crippen LogP contribution is 2.40. The maximum absolute atomic E-state index is 12.1. The molecule has 0 aromatic rings. The van der Waals surface area contributed by atoms with Gasteiger partial charge in [-0.25, -0.2) is 0 Å². The standard InChI is InChI=1S/C5H9F3N2O2/c6-5(7,8)4(11,1-9)2-3(10)12-2/h2-3,11H,1,9-10H2/t2?,3?,4-/m1/s1. The number of ether oxygens (including phenoxy) is 1. The van der Waals surface area contributed by atoms with Crippen LogP contribution in [-0.2, 0) is 4.74 Å². The quantitative estimate of drug-likeness (QED) is 0.479. The van der Waals surface area contributed by atoms with Crippen LogP contribution in [0.15, 0.2) is 0 Å². The normalized spacial score (nSPS) is 34.5. The lowest BCUT2D eigenvalue weighted by Gasteiger charge is -2.26. The van der Waals surface area contributed by atoms with Crippen molar-refractivity contribution >= 4 is 0 Å². The van der Waals surface area contributed by atoms with Crippen LogP contribution >= 0.6 is 0 Å². The van der Waals surface area contributed by atoms with Crippen molar-refractivity contribution in [1.29, 1.82) is 0 Å². The second-order valence-corrected chi connectivity index (χ2v) is 2.65. The largest absolute Gasteiger partial charge is 0.421 e. The summed E-state index contributed by atoms with van der Waals surface area (Å²) < 4.78 is 40.6. The molecular weight excluding hydrogens is 177 g/mol. The summed E-state index contributed by atoms with van der Waals surface area (Å²) >= 11 is 0. The Labute approximate surface area is 66.3 Å². The zero-order chi connectivity index (χ0) is 9.57. The highest BCUT2D eigenvalue weighted by Gasteiger charge is 2.66. The van der Waals surface area contributed by atoms with Crippen molar-refractivity contribution in [1.82, 2.24) is 0 Å². The molecule has 1 saturated heterocycles. The van der Waals surface area contributed by atoms with Gasteiger partial charge in [0.1, 0.15) is 12.3 Å². The summed E-state index contributed by atoms with van der Waals surface area (Å²) in [6, 6.07) is 0. The van der Waals surface area contributed by atoms with Crippen molar-refractivity contribution in [2.24, 2.45) is 11.5 Å². The fraction of sp³-hybridized carbons (Fsp3) is 1.00. The van der Waals surface area contributed by atoms with Gasteiger partial charge < -0.3 is 21.3 Å². The van der Waals surface area contributed by atoms with E-state index in [-0.39, 0.29) is 0 Å². The van der Waals surface area contributed by atoms with Gasteiger partial charge in [-0.3, -0.25) is 0 Å². The monoisotopic (exact) mass is 186 g/mol. The topological polar surface area (TPSA) is 84.8 Å². The lowest BCUT2D eigenvalue weighted by Crippen LogP contribution is -2.56. The third-order valence-corrected chi connectivity index (χ3v) is 1.80.